The molecule has 734 valence electrons. The molecule has 16 aromatic rings. The van der Waals surface area contributed by atoms with E-state index in [2.05, 4.69) is 51.4 Å². The summed E-state index contributed by atoms with van der Waals surface area (Å²) in [6.07, 6.45) is 13.7. The number of ether oxygens (including phenoxy) is 4. The van der Waals surface area contributed by atoms with Crippen molar-refractivity contribution < 1.29 is 95.7 Å². The molecule has 0 saturated carbocycles. The van der Waals surface area contributed by atoms with Crippen molar-refractivity contribution in [3.05, 3.63) is 285 Å². The monoisotopic (exact) mass is 1920 g/mol. The van der Waals surface area contributed by atoms with Crippen LogP contribution in [-0.2, 0) is 33.3 Å². The van der Waals surface area contributed by atoms with Crippen LogP contribution in [0.2, 0.25) is 0 Å². The number of phenolic OH excluding ortho intramolecular Hbond substituents is 4. The smallest absolute Gasteiger partial charge is 0.344 e. The summed E-state index contributed by atoms with van der Waals surface area (Å²) in [6.45, 7) is 26.1. The highest BCUT2D eigenvalue weighted by molar-refractivity contribution is 6.21. The van der Waals surface area contributed by atoms with Crippen LogP contribution in [0.5, 0.6) is 23.0 Å². The third-order valence-corrected chi connectivity index (χ3v) is 27.6. The van der Waals surface area contributed by atoms with Gasteiger partial charge in [0.05, 0.1) is 37.9 Å². The molecule has 142 heavy (non-hydrogen) atoms. The minimum absolute atomic E-state index is 0.0190. The van der Waals surface area contributed by atoms with Gasteiger partial charge in [-0.05, 0) is 112 Å². The van der Waals surface area contributed by atoms with Gasteiger partial charge >= 0.3 is 23.9 Å². The Labute approximate surface area is 817 Å². The third kappa shape index (κ3) is 18.9. The number of fused-ring (bicyclic) bond motifs is 12. The van der Waals surface area contributed by atoms with E-state index in [1.165, 1.54) is 7.11 Å². The average Bonchev–Trinajstić information content (AvgIpc) is 1.55. The Bertz CT molecular complexity index is 7190. The zero-order valence-corrected chi connectivity index (χ0v) is 80.7. The number of carbonyl (C=O) groups excluding carboxylic acids is 7. The summed E-state index contributed by atoms with van der Waals surface area (Å²) in [4.78, 5) is 122. The van der Waals surface area contributed by atoms with Crippen LogP contribution < -0.4 is 5.73 Å². The molecule has 0 spiro atoms. The molecule has 12 heterocycles. The van der Waals surface area contributed by atoms with Crippen molar-refractivity contribution >= 4 is 129 Å². The number of aromatic hydroxyl groups is 4. The molecule has 8 aromatic heterocycles. The van der Waals surface area contributed by atoms with E-state index in [0.717, 1.165) is 65.8 Å². The summed E-state index contributed by atoms with van der Waals surface area (Å²) in [7, 11) is 1.34. The van der Waals surface area contributed by atoms with Gasteiger partial charge in [-0.3, -0.25) is 59.7 Å². The van der Waals surface area contributed by atoms with Crippen molar-refractivity contribution in [3.8, 4) is 23.0 Å². The lowest BCUT2D eigenvalue weighted by atomic mass is 9.89. The number of esters is 4. The minimum atomic E-state index is -0.777. The van der Waals surface area contributed by atoms with Crippen LogP contribution in [0.25, 0.3) is 87.0 Å². The molecule has 33 heteroatoms. The topological polar surface area (TPSA) is 414 Å². The first-order valence-electron chi connectivity index (χ1n) is 47.4. The first-order valence-corrected chi connectivity index (χ1v) is 47.4. The molecule has 8 aromatic carbocycles. The van der Waals surface area contributed by atoms with Gasteiger partial charge < -0.3 is 81.7 Å². The quantitative estimate of drug-likeness (QED) is 0.0234. The van der Waals surface area contributed by atoms with Gasteiger partial charge in [-0.15, -0.1) is 0 Å². The zero-order chi connectivity index (χ0) is 100. The van der Waals surface area contributed by atoms with Gasteiger partial charge in [0.15, 0.2) is 6.79 Å². The summed E-state index contributed by atoms with van der Waals surface area (Å²) < 4.78 is 45.4. The van der Waals surface area contributed by atoms with Gasteiger partial charge in [-0.2, -0.15) is 0 Å². The summed E-state index contributed by atoms with van der Waals surface area (Å²) in [6, 6.07) is 43.5. The van der Waals surface area contributed by atoms with Crippen LogP contribution in [0.15, 0.2) is 213 Å². The summed E-state index contributed by atoms with van der Waals surface area (Å²) >= 11 is 0. The molecule has 0 bridgehead atoms. The molecule has 7 N–H and O–H groups in total. The number of pyridine rings is 4. The molecule has 4 aliphatic rings. The van der Waals surface area contributed by atoms with E-state index in [-0.39, 0.29) is 71.2 Å². The number of nitrogens with zero attached hydrogens (tertiary/aromatic N) is 12. The number of aryl methyl sites for hydroxylation is 4. The molecule has 4 aliphatic heterocycles. The number of aromatic nitrogens is 4. The number of aliphatic hydroxyl groups excluding tert-OH is 1. The van der Waals surface area contributed by atoms with E-state index < -0.39 is 48.8 Å². The molecule has 0 aliphatic carbocycles. The van der Waals surface area contributed by atoms with Crippen LogP contribution in [0.4, 0.5) is 0 Å². The Kier molecular flexibility index (Phi) is 29.7. The van der Waals surface area contributed by atoms with E-state index in [9.17, 15) is 59.1 Å². The fourth-order valence-electron chi connectivity index (χ4n) is 20.8. The van der Waals surface area contributed by atoms with Crippen molar-refractivity contribution in [2.45, 2.75) is 86.5 Å². The lowest BCUT2D eigenvalue weighted by Gasteiger charge is -2.40. The van der Waals surface area contributed by atoms with Crippen LogP contribution in [0, 0.1) is 27.7 Å². The van der Waals surface area contributed by atoms with Gasteiger partial charge in [0.1, 0.15) is 97.4 Å². The standard InChI is InChI=1S/C28H31N3O4.C27H28N4O5.C27H27N3O6.C27H27N3O5/c1-4-30-14-16-31(17-15-30)25(19-10-12-29-13-11-19)24-23-22(28(33)34-5-2)18(3)35-27(23)21-9-7-6-8-20(21)26(24)32;1-16-21(27(34)35-15-28)22-23(25(33)19-5-3-4-6-20(19)26(22)36-16)24(18-7-9-29-10-8-18)31-13-11-30(12-14-31)17(2)32;1-16-21(27(34)35-15-31)22-23(25(33)19-5-3-4-6-20(19)26(22)36-16)24(18-7-9-28-10-8-18)30-13-11-29(12-14-30)17(2)32;1-16-21(27(33)34-3)22-23(25(32)19-6-4-5-7-20(19)26(22)35-16)24(18-8-10-28-11-9-18)30-14-12-29(13-15-30)17(2)31/h6-13,25,32H,4-5,14-17H2,1-3H3;3-10,24,33H,11-15,28H2,1-2H3;3-10,24,31,33H,11-15H2,1-2H3;4-11,24,32H,12-15H2,1-3H3. The minimum Gasteiger partial charge on any atom is -0.507 e. The maximum absolute atomic E-state index is 13.2. The highest BCUT2D eigenvalue weighted by Gasteiger charge is 2.42. The third-order valence-electron chi connectivity index (χ3n) is 27.6. The maximum atomic E-state index is 13.2. The second kappa shape index (κ2) is 42.8. The average molecular weight is 1930 g/mol. The van der Waals surface area contributed by atoms with Gasteiger partial charge in [-0.25, -0.2) is 19.2 Å². The number of furan rings is 4. The zero-order valence-electron chi connectivity index (χ0n) is 80.7. The molecule has 4 unspecified atom stereocenters. The van der Waals surface area contributed by atoms with Crippen molar-refractivity contribution in [1.82, 2.24) is 59.1 Å². The number of rotatable bonds is 20. The van der Waals surface area contributed by atoms with Crippen LogP contribution in [0.3, 0.4) is 0 Å². The first-order chi connectivity index (χ1) is 68.8. The Morgan fingerprint density at radius 1 is 0.338 bits per heavy atom. The van der Waals surface area contributed by atoms with Crippen molar-refractivity contribution in [2.75, 3.05) is 139 Å². The molecule has 4 atom stereocenters. The largest absolute Gasteiger partial charge is 0.507 e. The molecule has 3 amide bonds. The van der Waals surface area contributed by atoms with E-state index >= 15 is 0 Å². The van der Waals surface area contributed by atoms with E-state index in [0.29, 0.717) is 211 Å². The Morgan fingerprint density at radius 2 is 0.570 bits per heavy atom. The fraction of sp³-hybridized carbons (Fsp3) is 0.312. The second-order valence-electron chi connectivity index (χ2n) is 35.4. The molecule has 0 radical (unpaired) electrons. The van der Waals surface area contributed by atoms with Gasteiger partial charge in [-0.1, -0.05) is 104 Å². The number of methoxy groups -OCH3 is 1. The molecular formula is C109H113N13O20. The number of likely N-dealkylation sites (N-methyl/N-ethyl adjacent to an activating group) is 1. The van der Waals surface area contributed by atoms with Crippen LogP contribution in [-0.4, -0.2) is 265 Å². The predicted octanol–water partition coefficient (Wildman–Crippen LogP) is 15.6. The predicted molar refractivity (Wildman–Crippen MR) is 534 cm³/mol. The number of phenols is 4. The lowest BCUT2D eigenvalue weighted by molar-refractivity contribution is -0.131. The van der Waals surface area contributed by atoms with E-state index in [4.69, 9.17) is 42.3 Å². The van der Waals surface area contributed by atoms with Gasteiger partial charge in [0, 0.05) is 262 Å². The second-order valence-corrected chi connectivity index (χ2v) is 35.4. The lowest BCUT2D eigenvalue weighted by Crippen LogP contribution is -2.49. The highest BCUT2D eigenvalue weighted by atomic mass is 16.6. The number of amides is 3. The van der Waals surface area contributed by atoms with E-state index in [1.807, 2.05) is 155 Å². The number of hydrogen-bond donors (Lipinski definition) is 6. The number of carbonyl (C=O) groups is 7. The SMILES string of the molecule is CC(=O)N1CCN(C(c2ccncc2)c2c(O)c3ccccc3c3oc(C)c(C(=O)OCN)c23)CC1.CC(=O)N1CCN(C(c2ccncc2)c2c(O)c3ccccc3c3oc(C)c(C(=O)OCO)c23)CC1.CCOC(=O)c1c(C)oc2c1c(C(c1ccncc1)N1CCN(CC)CC1)c(O)c1ccccc12.COC(=O)c1c(C)oc2c1c(C(c1ccncc1)N1CCN(C(C)=O)CC1)c(O)c1ccccc12. The Morgan fingerprint density at radius 3 is 0.796 bits per heavy atom. The number of hydrogen-bond acceptors (Lipinski definition) is 30. The van der Waals surface area contributed by atoms with Crippen LogP contribution >= 0.6 is 0 Å². The maximum Gasteiger partial charge on any atom is 0.344 e. The number of nitrogens with two attached hydrogens (primary N) is 1. The van der Waals surface area contributed by atoms with Gasteiger partial charge in [0.2, 0.25) is 17.7 Å². The summed E-state index contributed by atoms with van der Waals surface area (Å²) in [5.74, 6) is -0.231. The molecule has 20 rings (SSSR count). The van der Waals surface area contributed by atoms with E-state index in [1.54, 1.807) is 110 Å². The molecule has 4 saturated heterocycles. The van der Waals surface area contributed by atoms with Crippen molar-refractivity contribution in [1.29, 1.82) is 0 Å². The highest BCUT2D eigenvalue weighted by Crippen LogP contribution is 2.54. The molecule has 4 fully saturated rings. The number of piperazine rings is 4. The Balaban J connectivity index is 0.000000130. The summed E-state index contributed by atoms with van der Waals surface area (Å²) in [5.41, 5.74) is 14.7. The van der Waals surface area contributed by atoms with Crippen molar-refractivity contribution in [3.63, 3.8) is 0 Å². The molecular weight excluding hydrogens is 1810 g/mol. The van der Waals surface area contributed by atoms with Crippen molar-refractivity contribution in [2.24, 2.45) is 5.73 Å². The fourth-order valence-corrected chi connectivity index (χ4v) is 20.8. The first kappa shape index (κ1) is 98.4. The Hall–Kier alpha value is -15.2. The number of benzene rings is 8. The normalized spacial score (nSPS) is 15.6. The van der Waals surface area contributed by atoms with Gasteiger partial charge in [0.25, 0.3) is 0 Å². The number of aliphatic hydroxyl groups is 1. The summed E-state index contributed by atoms with van der Waals surface area (Å²) in [5, 5.41) is 63.8. The molecule has 33 nitrogen and oxygen atoms in total. The van der Waals surface area contributed by atoms with Crippen LogP contribution in [0.1, 0.15) is 168 Å².